The second kappa shape index (κ2) is 7.71. The molecule has 0 radical (unpaired) electrons. The van der Waals surface area contributed by atoms with Crippen molar-refractivity contribution in [2.24, 2.45) is 5.92 Å². The second-order valence-corrected chi connectivity index (χ2v) is 7.19. The maximum atomic E-state index is 13.5. The molecule has 0 spiro atoms. The molecule has 2 unspecified atom stereocenters. The number of hydrogen-bond acceptors (Lipinski definition) is 4. The molecule has 2 N–H and O–H groups in total. The highest BCUT2D eigenvalue weighted by Gasteiger charge is 2.31. The van der Waals surface area contributed by atoms with Crippen molar-refractivity contribution < 1.29 is 4.39 Å². The Bertz CT molecular complexity index is 508. The van der Waals surface area contributed by atoms with Gasteiger partial charge in [0.05, 0.1) is 6.04 Å². The van der Waals surface area contributed by atoms with Gasteiger partial charge < -0.3 is 9.80 Å². The first-order valence-electron chi connectivity index (χ1n) is 8.76. The molecule has 3 atom stereocenters. The fraction of sp³-hybridized carbons (Fsp3) is 0.667. The number of nitrogens with one attached hydrogen (secondary N) is 2. The number of hydrogen-bond donors (Lipinski definition) is 2. The Labute approximate surface area is 139 Å². The second-order valence-electron chi connectivity index (χ2n) is 7.19. The third-order valence-corrected chi connectivity index (χ3v) is 5.25. The summed E-state index contributed by atoms with van der Waals surface area (Å²) in [6.07, 6.45) is 3.88. The minimum absolute atomic E-state index is 0.155. The fourth-order valence-electron chi connectivity index (χ4n) is 3.88. The number of benzene rings is 1. The third-order valence-electron chi connectivity index (χ3n) is 5.25. The van der Waals surface area contributed by atoms with E-state index in [1.54, 1.807) is 12.1 Å². The first-order valence-corrected chi connectivity index (χ1v) is 8.76. The number of hydrazine groups is 1. The smallest absolute Gasteiger partial charge is 0.123 e. The molecule has 2 fully saturated rings. The van der Waals surface area contributed by atoms with Crippen molar-refractivity contribution in [1.29, 1.82) is 0 Å². The third kappa shape index (κ3) is 4.29. The van der Waals surface area contributed by atoms with Crippen LogP contribution in [0, 0.1) is 11.7 Å². The highest BCUT2D eigenvalue weighted by Crippen LogP contribution is 2.27. The number of likely N-dealkylation sites (tertiary alicyclic amines) is 1. The van der Waals surface area contributed by atoms with Crippen LogP contribution in [0.5, 0.6) is 0 Å². The molecule has 23 heavy (non-hydrogen) atoms. The van der Waals surface area contributed by atoms with E-state index in [1.165, 1.54) is 31.9 Å². The maximum absolute atomic E-state index is 13.5. The van der Waals surface area contributed by atoms with Gasteiger partial charge in [0, 0.05) is 31.6 Å². The molecular formula is C18H29FN4. The molecule has 2 heterocycles. The van der Waals surface area contributed by atoms with E-state index in [-0.39, 0.29) is 11.9 Å². The SMILES string of the molecule is CN(C)[C@H]1CCCCN(CC2CNNC2c2cccc(F)c2)C1. The molecule has 0 aromatic heterocycles. The van der Waals surface area contributed by atoms with Crippen molar-refractivity contribution in [3.63, 3.8) is 0 Å². The lowest BCUT2D eigenvalue weighted by atomic mass is 9.94. The molecule has 128 valence electrons. The van der Waals surface area contributed by atoms with Gasteiger partial charge in [0.2, 0.25) is 0 Å². The van der Waals surface area contributed by atoms with Gasteiger partial charge in [-0.25, -0.2) is 9.82 Å². The maximum Gasteiger partial charge on any atom is 0.123 e. The van der Waals surface area contributed by atoms with Gasteiger partial charge in [-0.2, -0.15) is 0 Å². The summed E-state index contributed by atoms with van der Waals surface area (Å²) in [6.45, 7) is 4.31. The van der Waals surface area contributed by atoms with Crippen molar-refractivity contribution >= 4 is 0 Å². The number of nitrogens with zero attached hydrogens (tertiary/aromatic N) is 2. The van der Waals surface area contributed by atoms with Crippen LogP contribution in [-0.2, 0) is 0 Å². The summed E-state index contributed by atoms with van der Waals surface area (Å²) in [6, 6.07) is 7.82. The number of likely N-dealkylation sites (N-methyl/N-ethyl adjacent to an activating group) is 1. The van der Waals surface area contributed by atoms with E-state index < -0.39 is 0 Å². The van der Waals surface area contributed by atoms with E-state index in [1.807, 2.05) is 6.07 Å². The van der Waals surface area contributed by atoms with E-state index in [0.717, 1.165) is 25.2 Å². The van der Waals surface area contributed by atoms with Crippen LogP contribution < -0.4 is 10.9 Å². The van der Waals surface area contributed by atoms with Crippen LogP contribution in [0.15, 0.2) is 24.3 Å². The Morgan fingerprint density at radius 3 is 2.96 bits per heavy atom. The summed E-state index contributed by atoms with van der Waals surface area (Å²) < 4.78 is 13.5. The molecule has 5 heteroatoms. The van der Waals surface area contributed by atoms with Crippen molar-refractivity contribution in [2.45, 2.75) is 31.3 Å². The van der Waals surface area contributed by atoms with Gasteiger partial charge in [-0.15, -0.1) is 0 Å². The van der Waals surface area contributed by atoms with Crippen LogP contribution >= 0.6 is 0 Å². The minimum Gasteiger partial charge on any atom is -0.305 e. The summed E-state index contributed by atoms with van der Waals surface area (Å²) in [5.41, 5.74) is 7.65. The zero-order valence-corrected chi connectivity index (χ0v) is 14.3. The van der Waals surface area contributed by atoms with Crippen molar-refractivity contribution in [2.75, 3.05) is 40.3 Å². The molecule has 1 aromatic carbocycles. The lowest BCUT2D eigenvalue weighted by Crippen LogP contribution is -2.42. The first-order chi connectivity index (χ1) is 11.1. The molecule has 3 rings (SSSR count). The zero-order chi connectivity index (χ0) is 16.2. The zero-order valence-electron chi connectivity index (χ0n) is 14.3. The molecule has 0 aliphatic carbocycles. The van der Waals surface area contributed by atoms with Crippen molar-refractivity contribution in [3.05, 3.63) is 35.6 Å². The lowest BCUT2D eigenvalue weighted by molar-refractivity contribution is 0.174. The van der Waals surface area contributed by atoms with Gasteiger partial charge >= 0.3 is 0 Å². The Morgan fingerprint density at radius 2 is 2.17 bits per heavy atom. The molecule has 2 aliphatic heterocycles. The predicted molar refractivity (Wildman–Crippen MR) is 91.5 cm³/mol. The Balaban J connectivity index is 1.66. The topological polar surface area (TPSA) is 30.5 Å². The average Bonchev–Trinajstić information content (AvgIpc) is 2.84. The van der Waals surface area contributed by atoms with Crippen LogP contribution in [0.25, 0.3) is 0 Å². The van der Waals surface area contributed by atoms with E-state index >= 15 is 0 Å². The van der Waals surface area contributed by atoms with Gasteiger partial charge in [0.1, 0.15) is 5.82 Å². The molecule has 1 aromatic rings. The van der Waals surface area contributed by atoms with Crippen LogP contribution in [0.1, 0.15) is 30.9 Å². The van der Waals surface area contributed by atoms with Gasteiger partial charge in [0.25, 0.3) is 0 Å². The van der Waals surface area contributed by atoms with Crippen LogP contribution in [0.4, 0.5) is 4.39 Å². The molecule has 2 saturated heterocycles. The molecule has 2 aliphatic rings. The van der Waals surface area contributed by atoms with Crippen LogP contribution in [-0.4, -0.2) is 56.1 Å². The number of halogens is 1. The normalized spacial score (nSPS) is 29.8. The van der Waals surface area contributed by atoms with Crippen molar-refractivity contribution in [1.82, 2.24) is 20.7 Å². The molecule has 4 nitrogen and oxygen atoms in total. The van der Waals surface area contributed by atoms with Gasteiger partial charge in [-0.3, -0.25) is 5.43 Å². The van der Waals surface area contributed by atoms with E-state index in [0.29, 0.717) is 12.0 Å². The number of rotatable bonds is 4. The highest BCUT2D eigenvalue weighted by atomic mass is 19.1. The summed E-state index contributed by atoms with van der Waals surface area (Å²) in [5.74, 6) is 0.315. The Kier molecular flexibility index (Phi) is 5.64. The standard InChI is InChI=1S/C18H29FN4/c1-22(2)17-8-3-4-9-23(13-17)12-15-11-20-21-18(15)14-6-5-7-16(19)10-14/h5-7,10,15,17-18,20-21H,3-4,8-9,11-13H2,1-2H3/t15?,17-,18?/m0/s1. The van der Waals surface area contributed by atoms with Crippen LogP contribution in [0.3, 0.4) is 0 Å². The summed E-state index contributed by atoms with van der Waals surface area (Å²) >= 11 is 0. The molecular weight excluding hydrogens is 291 g/mol. The lowest BCUT2D eigenvalue weighted by Gasteiger charge is -2.31. The van der Waals surface area contributed by atoms with E-state index in [4.69, 9.17) is 0 Å². The summed E-state index contributed by atoms with van der Waals surface area (Å²) in [7, 11) is 4.37. The summed E-state index contributed by atoms with van der Waals surface area (Å²) in [5, 5.41) is 0. The average molecular weight is 320 g/mol. The monoisotopic (exact) mass is 320 g/mol. The highest BCUT2D eigenvalue weighted by molar-refractivity contribution is 5.22. The van der Waals surface area contributed by atoms with Gasteiger partial charge in [-0.05, 0) is 51.2 Å². The van der Waals surface area contributed by atoms with Crippen LogP contribution in [0.2, 0.25) is 0 Å². The largest absolute Gasteiger partial charge is 0.305 e. The minimum atomic E-state index is -0.155. The van der Waals surface area contributed by atoms with Crippen molar-refractivity contribution in [3.8, 4) is 0 Å². The van der Waals surface area contributed by atoms with Gasteiger partial charge in [0.15, 0.2) is 0 Å². The van der Waals surface area contributed by atoms with E-state index in [9.17, 15) is 4.39 Å². The molecule has 0 saturated carbocycles. The fourth-order valence-corrected chi connectivity index (χ4v) is 3.88. The molecule has 0 bridgehead atoms. The molecule has 0 amide bonds. The Hall–Kier alpha value is -1.01. The van der Waals surface area contributed by atoms with Gasteiger partial charge in [-0.1, -0.05) is 18.6 Å². The predicted octanol–water partition coefficient (Wildman–Crippen LogP) is 2.01. The Morgan fingerprint density at radius 1 is 1.30 bits per heavy atom. The quantitative estimate of drug-likeness (QED) is 0.888. The first kappa shape index (κ1) is 16.8. The summed E-state index contributed by atoms with van der Waals surface area (Å²) in [4.78, 5) is 4.96. The van der Waals surface area contributed by atoms with E-state index in [2.05, 4.69) is 34.7 Å².